The van der Waals surface area contributed by atoms with Gasteiger partial charge in [-0.2, -0.15) is 0 Å². The molecule has 0 amide bonds. The van der Waals surface area contributed by atoms with Crippen LogP contribution >= 0.6 is 27.3 Å². The van der Waals surface area contributed by atoms with Crippen LogP contribution < -0.4 is 5.32 Å². The van der Waals surface area contributed by atoms with Crippen LogP contribution in [0.5, 0.6) is 0 Å². The molecule has 4 heteroatoms. The van der Waals surface area contributed by atoms with Crippen molar-refractivity contribution in [2.75, 3.05) is 7.05 Å². The van der Waals surface area contributed by atoms with E-state index in [9.17, 15) is 0 Å². The first kappa shape index (κ1) is 10.8. The first-order valence-electron chi connectivity index (χ1n) is 4.65. The van der Waals surface area contributed by atoms with Crippen molar-refractivity contribution in [2.45, 2.75) is 6.54 Å². The van der Waals surface area contributed by atoms with Crippen LogP contribution in [0.3, 0.4) is 0 Å². The zero-order chi connectivity index (χ0) is 10.7. The molecule has 0 spiro atoms. The first-order chi connectivity index (χ1) is 7.31. The van der Waals surface area contributed by atoms with Gasteiger partial charge in [0.05, 0.1) is 5.69 Å². The van der Waals surface area contributed by atoms with Gasteiger partial charge in [-0.15, -0.1) is 11.3 Å². The molecule has 0 aliphatic rings. The molecule has 0 bridgehead atoms. The van der Waals surface area contributed by atoms with Crippen LogP contribution in [0.25, 0.3) is 10.6 Å². The summed E-state index contributed by atoms with van der Waals surface area (Å²) in [5, 5.41) is 6.25. The highest BCUT2D eigenvalue weighted by Gasteiger charge is 2.06. The summed E-state index contributed by atoms with van der Waals surface area (Å²) in [7, 11) is 1.93. The van der Waals surface area contributed by atoms with Gasteiger partial charge in [-0.25, -0.2) is 4.98 Å². The third-order valence-corrected chi connectivity index (χ3v) is 3.63. The Labute approximate surface area is 101 Å². The standard InChI is InChI=1S/C11H11BrN2S/c1-13-6-8-7-15-11(14-8)9-4-2-3-5-10(9)12/h2-5,7,13H,6H2,1H3. The SMILES string of the molecule is CNCc1csc(-c2ccccc2Br)n1. The lowest BCUT2D eigenvalue weighted by Crippen LogP contribution is -2.04. The van der Waals surface area contributed by atoms with E-state index >= 15 is 0 Å². The molecule has 2 nitrogen and oxygen atoms in total. The number of rotatable bonds is 3. The minimum atomic E-state index is 0.820. The maximum atomic E-state index is 4.56. The van der Waals surface area contributed by atoms with E-state index in [1.807, 2.05) is 25.2 Å². The van der Waals surface area contributed by atoms with E-state index in [0.29, 0.717) is 0 Å². The fourth-order valence-electron chi connectivity index (χ4n) is 1.33. The van der Waals surface area contributed by atoms with Gasteiger partial charge < -0.3 is 5.32 Å². The van der Waals surface area contributed by atoms with E-state index in [2.05, 4.69) is 37.7 Å². The lowest BCUT2D eigenvalue weighted by molar-refractivity contribution is 0.798. The van der Waals surface area contributed by atoms with Crippen molar-refractivity contribution >= 4 is 27.3 Å². The van der Waals surface area contributed by atoms with E-state index in [-0.39, 0.29) is 0 Å². The molecular formula is C11H11BrN2S. The highest BCUT2D eigenvalue weighted by atomic mass is 79.9. The summed E-state index contributed by atoms with van der Waals surface area (Å²) in [6.45, 7) is 0.820. The van der Waals surface area contributed by atoms with Gasteiger partial charge in [0, 0.05) is 22.0 Å². The van der Waals surface area contributed by atoms with Gasteiger partial charge in [-0.05, 0) is 13.1 Å². The molecule has 0 saturated heterocycles. The third kappa shape index (κ3) is 2.45. The van der Waals surface area contributed by atoms with E-state index in [4.69, 9.17) is 0 Å². The first-order valence-corrected chi connectivity index (χ1v) is 6.32. The number of hydrogen-bond donors (Lipinski definition) is 1. The molecule has 0 fully saturated rings. The second-order valence-electron chi connectivity index (χ2n) is 3.15. The Morgan fingerprint density at radius 3 is 2.93 bits per heavy atom. The average Bonchev–Trinajstić information content (AvgIpc) is 2.68. The van der Waals surface area contributed by atoms with E-state index in [0.717, 1.165) is 27.3 Å². The van der Waals surface area contributed by atoms with E-state index < -0.39 is 0 Å². The Bertz CT molecular complexity index is 453. The van der Waals surface area contributed by atoms with E-state index in [1.165, 1.54) is 0 Å². The van der Waals surface area contributed by atoms with Crippen LogP contribution in [0, 0.1) is 0 Å². The number of halogens is 1. The molecule has 0 atom stereocenters. The van der Waals surface area contributed by atoms with Crippen molar-refractivity contribution in [3.05, 3.63) is 39.8 Å². The largest absolute Gasteiger partial charge is 0.314 e. The highest BCUT2D eigenvalue weighted by Crippen LogP contribution is 2.30. The molecule has 2 rings (SSSR count). The molecule has 0 aliphatic carbocycles. The van der Waals surface area contributed by atoms with Gasteiger partial charge in [0.15, 0.2) is 0 Å². The molecule has 0 aliphatic heterocycles. The summed E-state index contributed by atoms with van der Waals surface area (Å²) < 4.78 is 1.09. The van der Waals surface area contributed by atoms with Crippen molar-refractivity contribution in [2.24, 2.45) is 0 Å². The number of benzene rings is 1. The molecule has 15 heavy (non-hydrogen) atoms. The Hall–Kier alpha value is -0.710. The molecule has 0 radical (unpaired) electrons. The van der Waals surface area contributed by atoms with Gasteiger partial charge >= 0.3 is 0 Å². The van der Waals surface area contributed by atoms with Gasteiger partial charge in [0.1, 0.15) is 5.01 Å². The van der Waals surface area contributed by atoms with Gasteiger partial charge in [-0.1, -0.05) is 34.1 Å². The predicted molar refractivity (Wildman–Crippen MR) is 68.0 cm³/mol. The molecule has 1 aromatic carbocycles. The molecular weight excluding hydrogens is 272 g/mol. The summed E-state index contributed by atoms with van der Waals surface area (Å²) in [6, 6.07) is 8.15. The van der Waals surface area contributed by atoms with Crippen LogP contribution in [-0.4, -0.2) is 12.0 Å². The number of nitrogens with one attached hydrogen (secondary N) is 1. The second-order valence-corrected chi connectivity index (χ2v) is 4.87. The monoisotopic (exact) mass is 282 g/mol. The van der Waals surface area contributed by atoms with Gasteiger partial charge in [0.25, 0.3) is 0 Å². The quantitative estimate of drug-likeness (QED) is 0.935. The van der Waals surface area contributed by atoms with Crippen molar-refractivity contribution in [1.29, 1.82) is 0 Å². The van der Waals surface area contributed by atoms with Crippen LogP contribution in [0.4, 0.5) is 0 Å². The number of thiazole rings is 1. The number of nitrogens with zero attached hydrogens (tertiary/aromatic N) is 1. The average molecular weight is 283 g/mol. The molecule has 0 unspecified atom stereocenters. The number of hydrogen-bond acceptors (Lipinski definition) is 3. The smallest absolute Gasteiger partial charge is 0.124 e. The lowest BCUT2D eigenvalue weighted by Gasteiger charge is -1.98. The zero-order valence-electron chi connectivity index (χ0n) is 8.33. The van der Waals surface area contributed by atoms with Crippen LogP contribution in [0.1, 0.15) is 5.69 Å². The summed E-state index contributed by atoms with van der Waals surface area (Å²) in [5.41, 5.74) is 2.25. The van der Waals surface area contributed by atoms with Crippen LogP contribution in [0.15, 0.2) is 34.1 Å². The fourth-order valence-corrected chi connectivity index (χ4v) is 2.79. The highest BCUT2D eigenvalue weighted by molar-refractivity contribution is 9.10. The summed E-state index contributed by atoms with van der Waals surface area (Å²) in [5.74, 6) is 0. The summed E-state index contributed by atoms with van der Waals surface area (Å²) >= 11 is 5.21. The molecule has 1 N–H and O–H groups in total. The molecule has 1 aromatic heterocycles. The second kappa shape index (κ2) is 4.88. The summed E-state index contributed by atoms with van der Waals surface area (Å²) in [4.78, 5) is 4.56. The molecule has 1 heterocycles. The third-order valence-electron chi connectivity index (χ3n) is 2.01. The fraction of sp³-hybridized carbons (Fsp3) is 0.182. The molecule has 0 saturated carbocycles. The Morgan fingerprint density at radius 2 is 2.20 bits per heavy atom. The Morgan fingerprint density at radius 1 is 1.40 bits per heavy atom. The van der Waals surface area contributed by atoms with Crippen molar-refractivity contribution in [3.8, 4) is 10.6 Å². The maximum Gasteiger partial charge on any atom is 0.124 e. The normalized spacial score (nSPS) is 10.5. The topological polar surface area (TPSA) is 24.9 Å². The van der Waals surface area contributed by atoms with Crippen molar-refractivity contribution in [3.63, 3.8) is 0 Å². The lowest BCUT2D eigenvalue weighted by atomic mass is 10.2. The van der Waals surface area contributed by atoms with Gasteiger partial charge in [0.2, 0.25) is 0 Å². The maximum absolute atomic E-state index is 4.56. The molecule has 2 aromatic rings. The predicted octanol–water partition coefficient (Wildman–Crippen LogP) is 3.29. The Balaban J connectivity index is 2.33. The Kier molecular flexibility index (Phi) is 3.51. The molecule has 78 valence electrons. The van der Waals surface area contributed by atoms with Crippen LogP contribution in [-0.2, 0) is 6.54 Å². The van der Waals surface area contributed by atoms with Crippen LogP contribution in [0.2, 0.25) is 0 Å². The van der Waals surface area contributed by atoms with Crippen molar-refractivity contribution in [1.82, 2.24) is 10.3 Å². The number of aromatic nitrogens is 1. The van der Waals surface area contributed by atoms with E-state index in [1.54, 1.807) is 11.3 Å². The minimum Gasteiger partial charge on any atom is -0.314 e. The summed E-state index contributed by atoms with van der Waals surface area (Å²) in [6.07, 6.45) is 0. The zero-order valence-corrected chi connectivity index (χ0v) is 10.7. The van der Waals surface area contributed by atoms with Gasteiger partial charge in [-0.3, -0.25) is 0 Å². The minimum absolute atomic E-state index is 0.820. The van der Waals surface area contributed by atoms with Crippen molar-refractivity contribution < 1.29 is 0 Å².